The van der Waals surface area contributed by atoms with Gasteiger partial charge in [-0.25, -0.2) is 19.3 Å². The Hall–Kier alpha value is -2.19. The van der Waals surface area contributed by atoms with Gasteiger partial charge in [-0.3, -0.25) is 0 Å². The lowest BCUT2D eigenvalue weighted by molar-refractivity contribution is 0.164. The lowest BCUT2D eigenvalue weighted by atomic mass is 9.67. The van der Waals surface area contributed by atoms with Gasteiger partial charge in [-0.05, 0) is 54.9 Å². The fourth-order valence-corrected chi connectivity index (χ4v) is 6.12. The van der Waals surface area contributed by atoms with E-state index in [4.69, 9.17) is 10.7 Å². The number of halogens is 1. The van der Waals surface area contributed by atoms with Crippen molar-refractivity contribution in [3.05, 3.63) is 41.3 Å². The fraction of sp³-hybridized carbons (Fsp3) is 0.350. The first-order valence-electron chi connectivity index (χ1n) is 9.22. The molecule has 1 aliphatic heterocycles. The predicted molar refractivity (Wildman–Crippen MR) is 114 cm³/mol. The molecule has 5 rings (SSSR count). The van der Waals surface area contributed by atoms with Gasteiger partial charge in [0.05, 0.1) is 27.0 Å². The summed E-state index contributed by atoms with van der Waals surface area (Å²) in [6, 6.07) is 7.27. The molecule has 1 saturated carbocycles. The van der Waals surface area contributed by atoms with Crippen LogP contribution in [0.25, 0.3) is 21.8 Å². The highest BCUT2D eigenvalue weighted by molar-refractivity contribution is 8.00. The summed E-state index contributed by atoms with van der Waals surface area (Å²) in [4.78, 5) is 14.5. The second-order valence-electron chi connectivity index (χ2n) is 7.63. The third-order valence-electron chi connectivity index (χ3n) is 5.41. The number of nitrogen functional groups attached to an aromatic ring is 1. The molecule has 3 heterocycles. The zero-order valence-electron chi connectivity index (χ0n) is 15.4. The van der Waals surface area contributed by atoms with E-state index in [-0.39, 0.29) is 5.69 Å². The van der Waals surface area contributed by atoms with Gasteiger partial charge in [0, 0.05) is 17.8 Å². The van der Waals surface area contributed by atoms with Crippen molar-refractivity contribution in [1.82, 2.24) is 15.0 Å². The average molecular weight is 414 g/mol. The van der Waals surface area contributed by atoms with Gasteiger partial charge in [-0.15, -0.1) is 11.3 Å². The van der Waals surface area contributed by atoms with E-state index in [0.717, 1.165) is 15.6 Å². The molecule has 0 radical (unpaired) electrons. The molecule has 2 aliphatic rings. The number of nitrogens with one attached hydrogen (secondary N) is 1. The fourth-order valence-electron chi connectivity index (χ4n) is 3.97. The summed E-state index contributed by atoms with van der Waals surface area (Å²) in [6.45, 7) is 1.91. The van der Waals surface area contributed by atoms with Crippen molar-refractivity contribution in [1.29, 1.82) is 0 Å². The molecular formula is C20H20FN5S2. The van der Waals surface area contributed by atoms with Crippen LogP contribution in [0, 0.1) is 18.2 Å². The van der Waals surface area contributed by atoms with Gasteiger partial charge >= 0.3 is 0 Å². The normalized spacial score (nSPS) is 17.9. The maximum atomic E-state index is 14.6. The molecule has 1 aliphatic carbocycles. The summed E-state index contributed by atoms with van der Waals surface area (Å²) in [5, 5.41) is 4.31. The van der Waals surface area contributed by atoms with Crippen molar-refractivity contribution in [2.45, 2.75) is 25.8 Å². The molecule has 3 N–H and O–H groups in total. The van der Waals surface area contributed by atoms with Crippen LogP contribution >= 0.6 is 23.1 Å². The Kier molecular flexibility index (Phi) is 4.28. The Labute approximate surface area is 171 Å². The number of thioether (sulfide) groups is 1. The number of hydrogen-bond acceptors (Lipinski definition) is 7. The van der Waals surface area contributed by atoms with E-state index in [0.29, 0.717) is 28.7 Å². The monoisotopic (exact) mass is 413 g/mol. The quantitative estimate of drug-likeness (QED) is 0.609. The summed E-state index contributed by atoms with van der Waals surface area (Å²) in [6.07, 6.45) is 4.12. The largest absolute Gasteiger partial charge is 0.396 e. The summed E-state index contributed by atoms with van der Waals surface area (Å²) in [7, 11) is 0. The van der Waals surface area contributed by atoms with Crippen molar-refractivity contribution < 1.29 is 4.39 Å². The van der Waals surface area contributed by atoms with Gasteiger partial charge in [-0.1, -0.05) is 6.07 Å². The molecule has 1 spiro atoms. The van der Waals surface area contributed by atoms with Crippen LogP contribution in [-0.4, -0.2) is 32.5 Å². The summed E-state index contributed by atoms with van der Waals surface area (Å²) >= 11 is 3.52. The zero-order chi connectivity index (χ0) is 19.3. The van der Waals surface area contributed by atoms with Crippen molar-refractivity contribution in [2.75, 3.05) is 22.6 Å². The number of hydrogen-bond donors (Lipinski definition) is 2. The van der Waals surface area contributed by atoms with Crippen molar-refractivity contribution in [3.63, 3.8) is 0 Å². The van der Waals surface area contributed by atoms with Crippen LogP contribution in [0.4, 0.5) is 16.0 Å². The highest BCUT2D eigenvalue weighted by Gasteiger charge is 2.49. The van der Waals surface area contributed by atoms with Crippen LogP contribution in [0.5, 0.6) is 0 Å². The molecule has 0 amide bonds. The number of anilines is 2. The van der Waals surface area contributed by atoms with E-state index in [2.05, 4.69) is 15.3 Å². The SMILES string of the molecule is Cc1nc(-c2cccc(N)c2F)c(-c2ccnc(NC3CC4(CSC4)C3)n2)s1. The number of aromatic nitrogens is 3. The lowest BCUT2D eigenvalue weighted by Gasteiger charge is -2.53. The van der Waals surface area contributed by atoms with E-state index < -0.39 is 5.82 Å². The van der Waals surface area contributed by atoms with Gasteiger partial charge in [0.25, 0.3) is 0 Å². The van der Waals surface area contributed by atoms with Crippen molar-refractivity contribution in [3.8, 4) is 21.8 Å². The van der Waals surface area contributed by atoms with E-state index in [1.54, 1.807) is 24.4 Å². The molecule has 28 heavy (non-hydrogen) atoms. The molecule has 1 aromatic carbocycles. The Morgan fingerprint density at radius 2 is 2.04 bits per heavy atom. The summed E-state index contributed by atoms with van der Waals surface area (Å²) in [5.74, 6) is 2.73. The van der Waals surface area contributed by atoms with Gasteiger partial charge in [0.2, 0.25) is 5.95 Å². The molecule has 8 heteroatoms. The Balaban J connectivity index is 1.44. The third kappa shape index (κ3) is 3.04. The molecule has 2 aromatic heterocycles. The number of thiazole rings is 1. The van der Waals surface area contributed by atoms with E-state index in [1.165, 1.54) is 35.7 Å². The zero-order valence-corrected chi connectivity index (χ0v) is 17.0. The topological polar surface area (TPSA) is 76.7 Å². The molecular weight excluding hydrogens is 393 g/mol. The second-order valence-corrected chi connectivity index (χ2v) is 9.82. The number of benzene rings is 1. The third-order valence-corrected chi connectivity index (χ3v) is 8.04. The lowest BCUT2D eigenvalue weighted by Crippen LogP contribution is -2.53. The Morgan fingerprint density at radius 1 is 1.21 bits per heavy atom. The summed E-state index contributed by atoms with van der Waals surface area (Å²) in [5.41, 5.74) is 8.15. The first-order chi connectivity index (χ1) is 13.5. The van der Waals surface area contributed by atoms with Crippen LogP contribution in [0.3, 0.4) is 0 Å². The first kappa shape index (κ1) is 17.9. The molecule has 144 valence electrons. The van der Waals surface area contributed by atoms with Gasteiger partial charge in [0.1, 0.15) is 0 Å². The Bertz CT molecular complexity index is 1040. The second kappa shape index (κ2) is 6.70. The molecule has 1 saturated heterocycles. The smallest absolute Gasteiger partial charge is 0.223 e. The van der Waals surface area contributed by atoms with Crippen LogP contribution < -0.4 is 11.1 Å². The highest BCUT2D eigenvalue weighted by atomic mass is 32.2. The minimum absolute atomic E-state index is 0.118. The van der Waals surface area contributed by atoms with Crippen LogP contribution in [0.1, 0.15) is 17.8 Å². The molecule has 2 fully saturated rings. The number of nitrogens with zero attached hydrogens (tertiary/aromatic N) is 3. The highest BCUT2D eigenvalue weighted by Crippen LogP contribution is 2.53. The van der Waals surface area contributed by atoms with E-state index in [1.807, 2.05) is 24.8 Å². The maximum absolute atomic E-state index is 14.6. The van der Waals surface area contributed by atoms with Crippen molar-refractivity contribution >= 4 is 34.7 Å². The van der Waals surface area contributed by atoms with E-state index in [9.17, 15) is 4.39 Å². The number of nitrogens with two attached hydrogens (primary N) is 1. The number of rotatable bonds is 4. The van der Waals surface area contributed by atoms with Crippen LogP contribution in [0.2, 0.25) is 0 Å². The van der Waals surface area contributed by atoms with Crippen LogP contribution in [0.15, 0.2) is 30.5 Å². The molecule has 0 unspecified atom stereocenters. The first-order valence-corrected chi connectivity index (χ1v) is 11.2. The standard InChI is InChI=1S/C20H20FN5S2/c1-11-24-17(13-3-2-4-14(22)16(13)21)18(28-11)15-5-6-23-19(26-15)25-12-7-20(8-12)9-27-10-20/h2-6,12H,7-10,22H2,1H3,(H,23,25,26). The molecule has 0 atom stereocenters. The average Bonchev–Trinajstić information content (AvgIpc) is 3.00. The maximum Gasteiger partial charge on any atom is 0.223 e. The van der Waals surface area contributed by atoms with Gasteiger partial charge < -0.3 is 11.1 Å². The molecule has 0 bridgehead atoms. The molecule has 5 nitrogen and oxygen atoms in total. The predicted octanol–water partition coefficient (Wildman–Crippen LogP) is 4.60. The number of aryl methyl sites for hydroxylation is 1. The van der Waals surface area contributed by atoms with E-state index >= 15 is 0 Å². The van der Waals surface area contributed by atoms with Gasteiger partial charge in [0.15, 0.2) is 5.82 Å². The molecule has 3 aromatic rings. The minimum atomic E-state index is -0.445. The van der Waals surface area contributed by atoms with Crippen LogP contribution in [-0.2, 0) is 0 Å². The van der Waals surface area contributed by atoms with Crippen molar-refractivity contribution in [2.24, 2.45) is 5.41 Å². The Morgan fingerprint density at radius 3 is 2.79 bits per heavy atom. The summed E-state index contributed by atoms with van der Waals surface area (Å²) < 4.78 is 14.6. The van der Waals surface area contributed by atoms with Gasteiger partial charge in [-0.2, -0.15) is 11.8 Å². The minimum Gasteiger partial charge on any atom is -0.396 e.